The van der Waals surface area contributed by atoms with Gasteiger partial charge in [-0.2, -0.15) is 0 Å². The molecule has 3 nitrogen and oxygen atoms in total. The number of ether oxygens (including phenoxy) is 2. The van der Waals surface area contributed by atoms with Crippen LogP contribution in [0.15, 0.2) is 36.4 Å². The summed E-state index contributed by atoms with van der Waals surface area (Å²) in [6.45, 7) is 0.175. The first-order chi connectivity index (χ1) is 9.22. The maximum Gasteiger partial charge on any atom is 0.213 e. The number of aromatic nitrogens is 1. The van der Waals surface area contributed by atoms with Gasteiger partial charge in [-0.15, -0.1) is 11.6 Å². The second-order valence-corrected chi connectivity index (χ2v) is 4.13. The molecule has 5 heteroatoms. The number of pyridine rings is 1. The van der Waals surface area contributed by atoms with E-state index in [0.29, 0.717) is 17.1 Å². The molecule has 0 amide bonds. The van der Waals surface area contributed by atoms with Crippen LogP contribution in [0.5, 0.6) is 11.6 Å². The molecule has 0 bridgehead atoms. The fraction of sp³-hybridized carbons (Fsp3) is 0.214. The third-order valence-corrected chi connectivity index (χ3v) is 2.83. The number of halogens is 2. The summed E-state index contributed by atoms with van der Waals surface area (Å²) in [7, 11) is 1.54. The molecule has 19 heavy (non-hydrogen) atoms. The quantitative estimate of drug-likeness (QED) is 0.786. The molecule has 2 rings (SSSR count). The molecule has 1 aromatic heterocycles. The van der Waals surface area contributed by atoms with Crippen LogP contribution in [0.2, 0.25) is 0 Å². The van der Waals surface area contributed by atoms with E-state index in [9.17, 15) is 4.39 Å². The van der Waals surface area contributed by atoms with E-state index in [2.05, 4.69) is 4.98 Å². The lowest BCUT2D eigenvalue weighted by molar-refractivity contribution is 0.283. The van der Waals surface area contributed by atoms with Gasteiger partial charge in [0.25, 0.3) is 0 Å². The van der Waals surface area contributed by atoms with Gasteiger partial charge in [0.1, 0.15) is 6.61 Å². The van der Waals surface area contributed by atoms with Gasteiger partial charge < -0.3 is 9.47 Å². The highest BCUT2D eigenvalue weighted by molar-refractivity contribution is 6.17. The summed E-state index contributed by atoms with van der Waals surface area (Å²) in [6.07, 6.45) is 0. The molecule has 0 spiro atoms. The second-order valence-electron chi connectivity index (χ2n) is 3.86. The van der Waals surface area contributed by atoms with Gasteiger partial charge >= 0.3 is 0 Å². The summed E-state index contributed by atoms with van der Waals surface area (Å²) in [6, 6.07) is 9.98. The van der Waals surface area contributed by atoms with Crippen molar-refractivity contribution in [3.63, 3.8) is 0 Å². The molecule has 0 fully saturated rings. The molecule has 0 aliphatic heterocycles. The number of benzene rings is 1. The van der Waals surface area contributed by atoms with Crippen molar-refractivity contribution in [1.82, 2.24) is 4.98 Å². The van der Waals surface area contributed by atoms with Gasteiger partial charge in [-0.1, -0.05) is 12.1 Å². The predicted octanol–water partition coefficient (Wildman–Crippen LogP) is 3.55. The van der Waals surface area contributed by atoms with E-state index in [1.54, 1.807) is 30.3 Å². The SMILES string of the molecule is COc1cccc(COc2ccc(CCl)cc2F)n1. The zero-order valence-electron chi connectivity index (χ0n) is 10.4. The number of hydrogen-bond acceptors (Lipinski definition) is 3. The number of rotatable bonds is 5. The van der Waals surface area contributed by atoms with Crippen LogP contribution in [0.4, 0.5) is 4.39 Å². The standard InChI is InChI=1S/C14H13ClFNO2/c1-18-14-4-2-3-11(17-14)9-19-13-6-5-10(8-15)7-12(13)16/h2-7H,8-9H2,1H3. The van der Waals surface area contributed by atoms with Crippen molar-refractivity contribution in [2.24, 2.45) is 0 Å². The molecule has 0 atom stereocenters. The number of hydrogen-bond donors (Lipinski definition) is 0. The third kappa shape index (κ3) is 3.58. The fourth-order valence-corrected chi connectivity index (χ4v) is 1.71. The maximum absolute atomic E-state index is 13.7. The van der Waals surface area contributed by atoms with E-state index >= 15 is 0 Å². The first-order valence-corrected chi connectivity index (χ1v) is 6.23. The Morgan fingerprint density at radius 2 is 2.11 bits per heavy atom. The van der Waals surface area contributed by atoms with Crippen molar-refractivity contribution in [1.29, 1.82) is 0 Å². The van der Waals surface area contributed by atoms with E-state index in [0.717, 1.165) is 0 Å². The van der Waals surface area contributed by atoms with Gasteiger partial charge in [0.2, 0.25) is 5.88 Å². The van der Waals surface area contributed by atoms with E-state index < -0.39 is 5.82 Å². The van der Waals surface area contributed by atoms with Crippen molar-refractivity contribution < 1.29 is 13.9 Å². The maximum atomic E-state index is 13.7. The van der Waals surface area contributed by atoms with Crippen molar-refractivity contribution in [3.8, 4) is 11.6 Å². The summed E-state index contributed by atoms with van der Waals surface area (Å²) in [5.41, 5.74) is 1.38. The van der Waals surface area contributed by atoms with Crippen LogP contribution >= 0.6 is 11.6 Å². The zero-order valence-corrected chi connectivity index (χ0v) is 11.2. The van der Waals surface area contributed by atoms with Crippen LogP contribution in [-0.2, 0) is 12.5 Å². The van der Waals surface area contributed by atoms with Crippen LogP contribution in [0.1, 0.15) is 11.3 Å². The van der Waals surface area contributed by atoms with Gasteiger partial charge in [-0.25, -0.2) is 9.37 Å². The van der Waals surface area contributed by atoms with Crippen molar-refractivity contribution >= 4 is 11.6 Å². The lowest BCUT2D eigenvalue weighted by Gasteiger charge is -2.08. The molecule has 0 unspecified atom stereocenters. The average molecular weight is 282 g/mol. The Bertz CT molecular complexity index is 563. The zero-order chi connectivity index (χ0) is 13.7. The van der Waals surface area contributed by atoms with Crippen molar-refractivity contribution in [2.45, 2.75) is 12.5 Å². The molecule has 2 aromatic rings. The van der Waals surface area contributed by atoms with E-state index in [4.69, 9.17) is 21.1 Å². The van der Waals surface area contributed by atoms with Crippen LogP contribution in [0.25, 0.3) is 0 Å². The van der Waals surface area contributed by atoms with E-state index in [1.807, 2.05) is 0 Å². The van der Waals surface area contributed by atoms with Gasteiger partial charge in [0.15, 0.2) is 11.6 Å². The Morgan fingerprint density at radius 1 is 1.26 bits per heavy atom. The average Bonchev–Trinajstić information content (AvgIpc) is 2.46. The lowest BCUT2D eigenvalue weighted by atomic mass is 10.2. The summed E-state index contributed by atoms with van der Waals surface area (Å²) in [5.74, 6) is 0.521. The minimum absolute atomic E-state index is 0.175. The lowest BCUT2D eigenvalue weighted by Crippen LogP contribution is -2.01. The highest BCUT2D eigenvalue weighted by atomic mass is 35.5. The van der Waals surface area contributed by atoms with Gasteiger partial charge in [0.05, 0.1) is 12.8 Å². The number of alkyl halides is 1. The van der Waals surface area contributed by atoms with Crippen molar-refractivity contribution in [2.75, 3.05) is 7.11 Å². The van der Waals surface area contributed by atoms with Crippen molar-refractivity contribution in [3.05, 3.63) is 53.5 Å². The van der Waals surface area contributed by atoms with Crippen LogP contribution in [0, 0.1) is 5.82 Å². The highest BCUT2D eigenvalue weighted by Crippen LogP contribution is 2.20. The normalized spacial score (nSPS) is 10.3. The Labute approximate surface area is 115 Å². The van der Waals surface area contributed by atoms with E-state index in [-0.39, 0.29) is 18.2 Å². The minimum atomic E-state index is -0.430. The molecule has 0 aliphatic carbocycles. The van der Waals surface area contributed by atoms with Gasteiger partial charge in [-0.3, -0.25) is 0 Å². The molecular formula is C14H13ClFNO2. The molecule has 0 N–H and O–H groups in total. The highest BCUT2D eigenvalue weighted by Gasteiger charge is 2.06. The monoisotopic (exact) mass is 281 g/mol. The fourth-order valence-electron chi connectivity index (χ4n) is 1.55. The topological polar surface area (TPSA) is 31.4 Å². The predicted molar refractivity (Wildman–Crippen MR) is 71.1 cm³/mol. The third-order valence-electron chi connectivity index (χ3n) is 2.52. The molecule has 0 saturated carbocycles. The van der Waals surface area contributed by atoms with Gasteiger partial charge in [0, 0.05) is 11.9 Å². The summed E-state index contributed by atoms with van der Waals surface area (Å²) >= 11 is 5.63. The minimum Gasteiger partial charge on any atom is -0.484 e. The largest absolute Gasteiger partial charge is 0.484 e. The summed E-state index contributed by atoms with van der Waals surface area (Å²) in [4.78, 5) is 4.18. The molecule has 100 valence electrons. The Hall–Kier alpha value is -1.81. The molecular weight excluding hydrogens is 269 g/mol. The second kappa shape index (κ2) is 6.38. The Balaban J connectivity index is 2.05. The molecule has 0 aliphatic rings. The van der Waals surface area contributed by atoms with Crippen LogP contribution < -0.4 is 9.47 Å². The summed E-state index contributed by atoms with van der Waals surface area (Å²) in [5, 5.41) is 0. The van der Waals surface area contributed by atoms with Gasteiger partial charge in [-0.05, 0) is 23.8 Å². The smallest absolute Gasteiger partial charge is 0.213 e. The van der Waals surface area contributed by atoms with E-state index in [1.165, 1.54) is 13.2 Å². The molecule has 1 aromatic carbocycles. The number of methoxy groups -OCH3 is 1. The van der Waals surface area contributed by atoms with Crippen LogP contribution in [-0.4, -0.2) is 12.1 Å². The Kier molecular flexibility index (Phi) is 4.58. The first-order valence-electron chi connectivity index (χ1n) is 5.70. The molecule has 0 saturated heterocycles. The molecule has 0 radical (unpaired) electrons. The van der Waals surface area contributed by atoms with Crippen LogP contribution in [0.3, 0.4) is 0 Å². The Morgan fingerprint density at radius 3 is 2.79 bits per heavy atom. The molecule has 1 heterocycles. The first kappa shape index (κ1) is 13.6. The summed E-state index contributed by atoms with van der Waals surface area (Å²) < 4.78 is 24.0. The number of nitrogens with zero attached hydrogens (tertiary/aromatic N) is 1.